The highest BCUT2D eigenvalue weighted by molar-refractivity contribution is 5.98. The molecule has 8 heteroatoms. The molecule has 2 aromatic rings. The first-order valence-electron chi connectivity index (χ1n) is 9.82. The topological polar surface area (TPSA) is 68.3 Å². The Morgan fingerprint density at radius 1 is 1.17 bits per heavy atom. The smallest absolute Gasteiger partial charge is 0.265 e. The lowest BCUT2D eigenvalue weighted by atomic mass is 10.1. The molecule has 7 nitrogen and oxygen atoms in total. The monoisotopic (exact) mass is 414 g/mol. The van der Waals surface area contributed by atoms with Crippen molar-refractivity contribution in [1.82, 2.24) is 4.90 Å². The Morgan fingerprint density at radius 2 is 1.93 bits per heavy atom. The Bertz CT molecular complexity index is 945. The number of nitrogens with zero attached hydrogens (tertiary/aromatic N) is 2. The first-order chi connectivity index (χ1) is 14.6. The van der Waals surface area contributed by atoms with Crippen LogP contribution >= 0.6 is 0 Å². The van der Waals surface area contributed by atoms with E-state index >= 15 is 0 Å². The van der Waals surface area contributed by atoms with Gasteiger partial charge in [0.25, 0.3) is 5.91 Å². The number of anilines is 1. The number of carbonyl (C=O) groups is 2. The highest BCUT2D eigenvalue weighted by Crippen LogP contribution is 2.34. The largest absolute Gasteiger partial charge is 0.494 e. The maximum absolute atomic E-state index is 14.0. The molecule has 0 aromatic heterocycles. The predicted molar refractivity (Wildman–Crippen MR) is 107 cm³/mol. The normalized spacial score (nSPS) is 18.4. The maximum atomic E-state index is 14.0. The van der Waals surface area contributed by atoms with Crippen molar-refractivity contribution in [2.75, 3.05) is 44.9 Å². The average molecular weight is 414 g/mol. The second-order valence-corrected chi connectivity index (χ2v) is 7.16. The van der Waals surface area contributed by atoms with E-state index in [9.17, 15) is 14.0 Å². The van der Waals surface area contributed by atoms with Gasteiger partial charge in [0.1, 0.15) is 5.75 Å². The van der Waals surface area contributed by atoms with Gasteiger partial charge < -0.3 is 24.0 Å². The minimum atomic E-state index is -0.797. The summed E-state index contributed by atoms with van der Waals surface area (Å²) in [5, 5.41) is 0. The van der Waals surface area contributed by atoms with Crippen LogP contribution in [0.5, 0.6) is 11.5 Å². The van der Waals surface area contributed by atoms with Gasteiger partial charge in [-0.3, -0.25) is 9.59 Å². The molecule has 0 aliphatic carbocycles. The minimum absolute atomic E-state index is 0.00624. The number of morpholine rings is 1. The summed E-state index contributed by atoms with van der Waals surface area (Å²) in [5.74, 6) is -0.328. The van der Waals surface area contributed by atoms with E-state index in [1.54, 1.807) is 40.1 Å². The number of carbonyl (C=O) groups excluding carboxylic acids is 2. The van der Waals surface area contributed by atoms with Crippen LogP contribution in [0.2, 0.25) is 0 Å². The fraction of sp³-hybridized carbons (Fsp3) is 0.364. The van der Waals surface area contributed by atoms with Crippen molar-refractivity contribution in [3.8, 4) is 11.5 Å². The number of rotatable bonds is 4. The second kappa shape index (κ2) is 8.71. The molecule has 4 rings (SSSR count). The van der Waals surface area contributed by atoms with Crippen LogP contribution in [0.1, 0.15) is 5.56 Å². The van der Waals surface area contributed by atoms with Gasteiger partial charge in [0.05, 0.1) is 39.0 Å². The number of para-hydroxylation sites is 2. The van der Waals surface area contributed by atoms with Crippen LogP contribution < -0.4 is 14.4 Å². The van der Waals surface area contributed by atoms with Gasteiger partial charge in [-0.05, 0) is 29.8 Å². The predicted octanol–water partition coefficient (Wildman–Crippen LogP) is 2.03. The molecule has 30 heavy (non-hydrogen) atoms. The number of benzene rings is 2. The number of ether oxygens (including phenoxy) is 3. The molecule has 2 aromatic carbocycles. The minimum Gasteiger partial charge on any atom is -0.494 e. The zero-order valence-corrected chi connectivity index (χ0v) is 16.7. The molecule has 2 amide bonds. The van der Waals surface area contributed by atoms with Crippen LogP contribution in [0.15, 0.2) is 42.5 Å². The number of methoxy groups -OCH3 is 1. The number of fused-ring (bicyclic) bond motifs is 1. The van der Waals surface area contributed by atoms with Crippen molar-refractivity contribution < 1.29 is 28.2 Å². The summed E-state index contributed by atoms with van der Waals surface area (Å²) in [6, 6.07) is 11.6. The highest BCUT2D eigenvalue weighted by Gasteiger charge is 2.36. The van der Waals surface area contributed by atoms with Crippen LogP contribution in [0.25, 0.3) is 0 Å². The molecule has 0 bridgehead atoms. The van der Waals surface area contributed by atoms with Crippen LogP contribution in [0.4, 0.5) is 10.1 Å². The van der Waals surface area contributed by atoms with Crippen LogP contribution in [-0.2, 0) is 20.7 Å². The van der Waals surface area contributed by atoms with E-state index in [-0.39, 0.29) is 30.5 Å². The number of amides is 2. The lowest BCUT2D eigenvalue weighted by Crippen LogP contribution is -2.54. The Morgan fingerprint density at radius 3 is 2.67 bits per heavy atom. The maximum Gasteiger partial charge on any atom is 0.265 e. The molecular weight excluding hydrogens is 391 g/mol. The second-order valence-electron chi connectivity index (χ2n) is 7.16. The molecule has 1 fully saturated rings. The van der Waals surface area contributed by atoms with E-state index < -0.39 is 11.9 Å². The molecule has 1 unspecified atom stereocenters. The number of halogens is 1. The van der Waals surface area contributed by atoms with E-state index in [1.807, 2.05) is 0 Å². The lowest BCUT2D eigenvalue weighted by molar-refractivity contribution is -0.142. The van der Waals surface area contributed by atoms with Gasteiger partial charge in [-0.25, -0.2) is 4.39 Å². The van der Waals surface area contributed by atoms with Gasteiger partial charge in [0.2, 0.25) is 5.91 Å². The highest BCUT2D eigenvalue weighted by atomic mass is 19.1. The summed E-state index contributed by atoms with van der Waals surface area (Å²) in [4.78, 5) is 29.3. The van der Waals surface area contributed by atoms with Crippen LogP contribution in [0.3, 0.4) is 0 Å². The summed E-state index contributed by atoms with van der Waals surface area (Å²) in [5.41, 5.74) is 1.13. The fourth-order valence-electron chi connectivity index (χ4n) is 3.68. The molecular formula is C22H23FN2O5. The molecule has 158 valence electrons. The van der Waals surface area contributed by atoms with Crippen molar-refractivity contribution in [3.63, 3.8) is 0 Å². The lowest BCUT2D eigenvalue weighted by Gasteiger charge is -2.37. The zero-order valence-electron chi connectivity index (χ0n) is 16.7. The Kier molecular flexibility index (Phi) is 5.85. The quantitative estimate of drug-likeness (QED) is 0.766. The van der Waals surface area contributed by atoms with Gasteiger partial charge in [-0.15, -0.1) is 0 Å². The van der Waals surface area contributed by atoms with Crippen LogP contribution in [0, 0.1) is 5.82 Å². The Hall–Kier alpha value is -3.13. The molecule has 1 saturated heterocycles. The molecule has 0 saturated carbocycles. The van der Waals surface area contributed by atoms with Crippen molar-refractivity contribution in [2.24, 2.45) is 0 Å². The van der Waals surface area contributed by atoms with Crippen molar-refractivity contribution >= 4 is 17.5 Å². The van der Waals surface area contributed by atoms with E-state index in [1.165, 1.54) is 19.2 Å². The van der Waals surface area contributed by atoms with Crippen molar-refractivity contribution in [3.05, 3.63) is 53.8 Å². The first-order valence-corrected chi connectivity index (χ1v) is 9.82. The number of hydrogen-bond acceptors (Lipinski definition) is 5. The third kappa shape index (κ3) is 4.09. The summed E-state index contributed by atoms with van der Waals surface area (Å²) >= 11 is 0. The van der Waals surface area contributed by atoms with Gasteiger partial charge in [-0.2, -0.15) is 0 Å². The van der Waals surface area contributed by atoms with E-state index in [2.05, 4.69) is 0 Å². The molecule has 0 spiro atoms. The van der Waals surface area contributed by atoms with Gasteiger partial charge >= 0.3 is 0 Å². The van der Waals surface area contributed by atoms with Gasteiger partial charge in [0.15, 0.2) is 17.7 Å². The van der Waals surface area contributed by atoms with Gasteiger partial charge in [-0.1, -0.05) is 18.2 Å². The van der Waals surface area contributed by atoms with Crippen molar-refractivity contribution in [1.29, 1.82) is 0 Å². The van der Waals surface area contributed by atoms with Crippen LogP contribution in [-0.4, -0.2) is 62.8 Å². The summed E-state index contributed by atoms with van der Waals surface area (Å²) < 4.78 is 30.2. The van der Waals surface area contributed by atoms with E-state index in [0.29, 0.717) is 43.3 Å². The SMILES string of the molecule is COc1ccc(CC(=O)N2CC(C(=O)N3CCOCC3)Oc3ccccc32)cc1F. The zero-order chi connectivity index (χ0) is 21.1. The third-order valence-electron chi connectivity index (χ3n) is 5.24. The molecule has 2 heterocycles. The molecule has 2 aliphatic heterocycles. The molecule has 1 atom stereocenters. The van der Waals surface area contributed by atoms with Gasteiger partial charge in [0, 0.05) is 13.1 Å². The summed E-state index contributed by atoms with van der Waals surface area (Å²) in [6.07, 6.45) is -0.803. The first kappa shape index (κ1) is 20.2. The molecule has 0 N–H and O–H groups in total. The standard InChI is InChI=1S/C22H23FN2O5/c1-28-18-7-6-15(12-16(18)23)13-21(26)25-14-20(22(27)24-8-10-29-11-9-24)30-19-5-3-2-4-17(19)25/h2-7,12,20H,8-11,13-14H2,1H3. The molecule has 2 aliphatic rings. The third-order valence-corrected chi connectivity index (χ3v) is 5.24. The Labute approximate surface area is 173 Å². The molecule has 0 radical (unpaired) electrons. The average Bonchev–Trinajstić information content (AvgIpc) is 2.78. The summed E-state index contributed by atoms with van der Waals surface area (Å²) in [7, 11) is 1.39. The summed E-state index contributed by atoms with van der Waals surface area (Å²) in [6.45, 7) is 2.07. The Balaban J connectivity index is 1.55. The number of hydrogen-bond donors (Lipinski definition) is 0. The van der Waals surface area contributed by atoms with E-state index in [0.717, 1.165) is 0 Å². The fourth-order valence-corrected chi connectivity index (χ4v) is 3.68. The van der Waals surface area contributed by atoms with E-state index in [4.69, 9.17) is 14.2 Å². The van der Waals surface area contributed by atoms with Crippen molar-refractivity contribution in [2.45, 2.75) is 12.5 Å².